The van der Waals surface area contributed by atoms with Crippen molar-refractivity contribution >= 4 is 27.5 Å². The van der Waals surface area contributed by atoms with Gasteiger partial charge in [0.2, 0.25) is 10.0 Å². The second-order valence-electron chi connectivity index (χ2n) is 7.52. The molecule has 7 nitrogen and oxygen atoms in total. The maximum atomic E-state index is 12.4. The lowest BCUT2D eigenvalue weighted by Gasteiger charge is -2.18. The number of rotatable bonds is 9. The van der Waals surface area contributed by atoms with Crippen LogP contribution in [0.2, 0.25) is 0 Å². The van der Waals surface area contributed by atoms with Crippen LogP contribution in [-0.2, 0) is 26.0 Å². The molecule has 0 aliphatic carbocycles. The van der Waals surface area contributed by atoms with Gasteiger partial charge >= 0.3 is 5.97 Å². The summed E-state index contributed by atoms with van der Waals surface area (Å²) in [5.74, 6) is -0.0967. The molecule has 2 aromatic rings. The van der Waals surface area contributed by atoms with E-state index in [-0.39, 0.29) is 31.2 Å². The average molecular weight is 446 g/mol. The first-order valence-electron chi connectivity index (χ1n) is 10.2. The van der Waals surface area contributed by atoms with Crippen LogP contribution < -0.4 is 9.04 Å². The van der Waals surface area contributed by atoms with Gasteiger partial charge < -0.3 is 9.47 Å². The van der Waals surface area contributed by atoms with E-state index in [0.29, 0.717) is 24.2 Å². The van der Waals surface area contributed by atoms with E-state index in [1.165, 1.54) is 4.31 Å². The fourth-order valence-corrected chi connectivity index (χ4v) is 4.56. The Balaban J connectivity index is 1.51. The van der Waals surface area contributed by atoms with E-state index in [1.54, 1.807) is 25.1 Å². The molecule has 0 unspecified atom stereocenters. The number of aryl methyl sites for hydroxylation is 2. The van der Waals surface area contributed by atoms with Crippen molar-refractivity contribution in [2.45, 2.75) is 33.6 Å². The van der Waals surface area contributed by atoms with E-state index in [4.69, 9.17) is 9.47 Å². The molecule has 0 bridgehead atoms. The topological polar surface area (TPSA) is 90.0 Å². The van der Waals surface area contributed by atoms with Crippen molar-refractivity contribution < 1.29 is 27.5 Å². The van der Waals surface area contributed by atoms with Crippen LogP contribution in [0.3, 0.4) is 0 Å². The molecule has 166 valence electrons. The number of anilines is 1. The van der Waals surface area contributed by atoms with Gasteiger partial charge in [-0.05, 0) is 68.1 Å². The monoisotopic (exact) mass is 445 g/mol. The Kier molecular flexibility index (Phi) is 7.00. The van der Waals surface area contributed by atoms with Crippen molar-refractivity contribution in [1.29, 1.82) is 0 Å². The van der Waals surface area contributed by atoms with Crippen molar-refractivity contribution in [2.24, 2.45) is 0 Å². The van der Waals surface area contributed by atoms with Gasteiger partial charge in [0.1, 0.15) is 5.75 Å². The summed E-state index contributed by atoms with van der Waals surface area (Å²) in [6, 6.07) is 10.7. The fraction of sp³-hybridized carbons (Fsp3) is 0.391. The second-order valence-corrected chi connectivity index (χ2v) is 9.70. The number of ether oxygens (including phenoxy) is 2. The van der Waals surface area contributed by atoms with Crippen LogP contribution in [0.15, 0.2) is 36.4 Å². The molecular weight excluding hydrogens is 418 g/mol. The smallest absolute Gasteiger partial charge is 0.309 e. The Morgan fingerprint density at radius 1 is 1.10 bits per heavy atom. The Morgan fingerprint density at radius 2 is 1.87 bits per heavy atom. The summed E-state index contributed by atoms with van der Waals surface area (Å²) in [7, 11) is -3.33. The number of sulfonamides is 1. The van der Waals surface area contributed by atoms with Gasteiger partial charge in [-0.25, -0.2) is 8.42 Å². The third-order valence-electron chi connectivity index (χ3n) is 5.23. The van der Waals surface area contributed by atoms with Gasteiger partial charge in [0.05, 0.1) is 24.5 Å². The zero-order chi connectivity index (χ0) is 22.6. The molecule has 0 spiro atoms. The number of benzene rings is 2. The number of carbonyl (C=O) groups excluding carboxylic acids is 2. The highest BCUT2D eigenvalue weighted by atomic mass is 32.2. The molecule has 1 aliphatic rings. The second kappa shape index (κ2) is 9.51. The molecule has 31 heavy (non-hydrogen) atoms. The van der Waals surface area contributed by atoms with E-state index in [9.17, 15) is 18.0 Å². The lowest BCUT2D eigenvalue weighted by molar-refractivity contribution is -0.143. The minimum absolute atomic E-state index is 0.0240. The molecule has 3 rings (SSSR count). The quantitative estimate of drug-likeness (QED) is 0.435. The molecule has 0 amide bonds. The minimum atomic E-state index is -3.33. The van der Waals surface area contributed by atoms with Crippen LogP contribution in [0.1, 0.15) is 40.4 Å². The van der Waals surface area contributed by atoms with Crippen LogP contribution >= 0.6 is 0 Å². The first-order valence-corrected chi connectivity index (χ1v) is 11.8. The van der Waals surface area contributed by atoms with Crippen LogP contribution in [0.25, 0.3) is 0 Å². The molecule has 0 saturated heterocycles. The molecule has 1 aliphatic heterocycles. The van der Waals surface area contributed by atoms with E-state index in [1.807, 2.05) is 32.0 Å². The molecular formula is C23H27NO6S. The SMILES string of the molecule is CCS(=O)(=O)N1CCc2cc(C(=O)COC(=O)CCOc3cc(C)ccc3C)ccc21. The van der Waals surface area contributed by atoms with E-state index in [2.05, 4.69) is 0 Å². The highest BCUT2D eigenvalue weighted by Gasteiger charge is 2.28. The highest BCUT2D eigenvalue weighted by molar-refractivity contribution is 7.92. The summed E-state index contributed by atoms with van der Waals surface area (Å²) in [5.41, 5.74) is 3.86. The van der Waals surface area contributed by atoms with Crippen molar-refractivity contribution in [1.82, 2.24) is 0 Å². The van der Waals surface area contributed by atoms with Crippen molar-refractivity contribution in [3.63, 3.8) is 0 Å². The van der Waals surface area contributed by atoms with Crippen LogP contribution in [0, 0.1) is 13.8 Å². The van der Waals surface area contributed by atoms with Gasteiger partial charge in [-0.15, -0.1) is 0 Å². The molecule has 0 fully saturated rings. The van der Waals surface area contributed by atoms with Gasteiger partial charge in [-0.1, -0.05) is 12.1 Å². The Hall–Kier alpha value is -2.87. The van der Waals surface area contributed by atoms with E-state index >= 15 is 0 Å². The van der Waals surface area contributed by atoms with E-state index in [0.717, 1.165) is 22.4 Å². The summed E-state index contributed by atoms with van der Waals surface area (Å²) >= 11 is 0. The minimum Gasteiger partial charge on any atom is -0.493 e. The normalized spacial score (nSPS) is 13.1. The third kappa shape index (κ3) is 5.44. The fourth-order valence-electron chi connectivity index (χ4n) is 3.40. The lowest BCUT2D eigenvalue weighted by Crippen LogP contribution is -2.30. The largest absolute Gasteiger partial charge is 0.493 e. The summed E-state index contributed by atoms with van der Waals surface area (Å²) in [6.45, 7) is 5.67. The third-order valence-corrected chi connectivity index (χ3v) is 7.01. The Morgan fingerprint density at radius 3 is 2.61 bits per heavy atom. The molecule has 0 saturated carbocycles. The van der Waals surface area contributed by atoms with Gasteiger partial charge in [-0.2, -0.15) is 0 Å². The molecule has 8 heteroatoms. The van der Waals surface area contributed by atoms with Gasteiger partial charge in [-0.3, -0.25) is 13.9 Å². The Bertz CT molecular complexity index is 1090. The zero-order valence-corrected chi connectivity index (χ0v) is 18.8. The van der Waals surface area contributed by atoms with Gasteiger partial charge in [0.15, 0.2) is 12.4 Å². The predicted molar refractivity (Wildman–Crippen MR) is 118 cm³/mol. The maximum absolute atomic E-state index is 12.4. The zero-order valence-electron chi connectivity index (χ0n) is 18.0. The summed E-state index contributed by atoms with van der Waals surface area (Å²) in [4.78, 5) is 24.4. The van der Waals surface area contributed by atoms with Crippen LogP contribution in [0.5, 0.6) is 5.75 Å². The molecule has 0 aromatic heterocycles. The molecule has 0 radical (unpaired) electrons. The number of nitrogens with zero attached hydrogens (tertiary/aromatic N) is 1. The number of ketones is 1. The number of hydrogen-bond acceptors (Lipinski definition) is 6. The summed E-state index contributed by atoms with van der Waals surface area (Å²) in [5, 5.41) is 0. The maximum Gasteiger partial charge on any atom is 0.309 e. The van der Waals surface area contributed by atoms with Crippen molar-refractivity contribution in [3.8, 4) is 5.75 Å². The first kappa shape index (κ1) is 22.8. The lowest BCUT2D eigenvalue weighted by atomic mass is 10.1. The molecule has 0 atom stereocenters. The highest BCUT2D eigenvalue weighted by Crippen LogP contribution is 2.31. The van der Waals surface area contributed by atoms with Crippen molar-refractivity contribution in [2.75, 3.05) is 29.8 Å². The number of esters is 1. The van der Waals surface area contributed by atoms with Gasteiger partial charge in [0.25, 0.3) is 0 Å². The first-order chi connectivity index (χ1) is 14.7. The van der Waals surface area contributed by atoms with Crippen LogP contribution in [0.4, 0.5) is 5.69 Å². The molecule has 2 aromatic carbocycles. The number of fused-ring (bicyclic) bond motifs is 1. The summed E-state index contributed by atoms with van der Waals surface area (Å²) in [6.07, 6.45) is 0.583. The summed E-state index contributed by atoms with van der Waals surface area (Å²) < 4.78 is 36.4. The van der Waals surface area contributed by atoms with Crippen molar-refractivity contribution in [3.05, 3.63) is 58.7 Å². The Labute approximate surface area is 183 Å². The van der Waals surface area contributed by atoms with Gasteiger partial charge in [0, 0.05) is 12.1 Å². The van der Waals surface area contributed by atoms with E-state index < -0.39 is 16.0 Å². The molecule has 1 heterocycles. The number of carbonyl (C=O) groups is 2. The average Bonchev–Trinajstić information content (AvgIpc) is 3.18. The van der Waals surface area contributed by atoms with Crippen LogP contribution in [-0.4, -0.2) is 45.7 Å². The predicted octanol–water partition coefficient (Wildman–Crippen LogP) is 3.21. The standard InChI is InChI=1S/C23H27NO6S/c1-4-31(27,28)24-11-9-18-14-19(7-8-20(18)24)21(25)15-30-23(26)10-12-29-22-13-16(2)5-6-17(22)3/h5-8,13-14H,4,9-12,15H2,1-3H3. The number of hydrogen-bond donors (Lipinski definition) is 0. The number of Topliss-reactive ketones (excluding diaryl/α,β-unsaturated/α-hetero) is 1. The molecule has 0 N–H and O–H groups in total.